The van der Waals surface area contributed by atoms with Gasteiger partial charge in [-0.25, -0.2) is 15.0 Å². The molecule has 0 fully saturated rings. The molecule has 12 heteroatoms. The van der Waals surface area contributed by atoms with Crippen LogP contribution in [0.2, 0.25) is 0 Å². The minimum absolute atomic E-state index is 0.259. The first-order chi connectivity index (χ1) is 9.60. The third-order valence-corrected chi connectivity index (χ3v) is 3.67. The fraction of sp³-hybridized carbons (Fsp3) is 0. The van der Waals surface area contributed by atoms with Crippen LogP contribution in [0.25, 0.3) is 0 Å². The molecule has 0 bridgehead atoms. The predicted octanol–water partition coefficient (Wildman–Crippen LogP) is -0.366. The zero-order valence-electron chi connectivity index (χ0n) is 10.2. The first-order valence-corrected chi connectivity index (χ1v) is 7.91. The molecule has 4 N–H and O–H groups in total. The van der Waals surface area contributed by atoms with Crippen molar-refractivity contribution in [1.29, 1.82) is 0 Å². The number of hydrogen-bond acceptors (Lipinski definition) is 8. The lowest BCUT2D eigenvalue weighted by molar-refractivity contribution is 0.478. The van der Waals surface area contributed by atoms with Gasteiger partial charge in [-0.15, -0.1) is 0 Å². The molecule has 1 heterocycles. The van der Waals surface area contributed by atoms with Crippen LogP contribution in [0.3, 0.4) is 0 Å². The molecule has 2 rings (SSSR count). The number of nitrogens with two attached hydrogens (primary N) is 1. The number of anilines is 1. The first-order valence-electron chi connectivity index (χ1n) is 5.03. The molecule has 0 saturated carbocycles. The second kappa shape index (κ2) is 6.53. The zero-order chi connectivity index (χ0) is 16.1. The highest BCUT2D eigenvalue weighted by Crippen LogP contribution is 2.13. The molecule has 0 radical (unpaired) electrons. The maximum Gasteiger partial charge on any atom is 0.294 e. The van der Waals surface area contributed by atoms with E-state index < -0.39 is 30.0 Å². The minimum atomic E-state index is -4.34. The summed E-state index contributed by atoms with van der Waals surface area (Å²) in [4.78, 5) is 9.73. The van der Waals surface area contributed by atoms with E-state index in [4.69, 9.17) is 14.8 Å². The van der Waals surface area contributed by atoms with Crippen molar-refractivity contribution in [3.8, 4) is 0 Å². The molecular formula is C9H10N4O6S2. The van der Waals surface area contributed by atoms with Crippen molar-refractivity contribution in [1.82, 2.24) is 15.0 Å². The Labute approximate surface area is 120 Å². The highest BCUT2D eigenvalue weighted by atomic mass is 32.2. The molecule has 0 amide bonds. The van der Waals surface area contributed by atoms with Gasteiger partial charge in [0.2, 0.25) is 5.95 Å². The summed E-state index contributed by atoms with van der Waals surface area (Å²) < 4.78 is 59.2. The Balaban J connectivity index is 0.000000262. The van der Waals surface area contributed by atoms with E-state index in [-0.39, 0.29) is 5.95 Å². The summed E-state index contributed by atoms with van der Waals surface area (Å²) in [5.74, 6) is 0.259. The molecule has 10 nitrogen and oxygen atoms in total. The zero-order valence-corrected chi connectivity index (χ0v) is 11.9. The van der Waals surface area contributed by atoms with Crippen molar-refractivity contribution < 1.29 is 25.9 Å². The Morgan fingerprint density at radius 2 is 1.14 bits per heavy atom. The van der Waals surface area contributed by atoms with Crippen molar-refractivity contribution in [2.24, 2.45) is 0 Å². The fourth-order valence-electron chi connectivity index (χ4n) is 1.03. The standard InChI is InChI=1S/C6H6O6S2.C3H4N4/c7-13(8,9)5-1-2-6(4-3-5)14(10,11)12;4-3-6-1-5-2-7-3/h1-4H,(H,7,8,9)(H,10,11,12);1-2H,(H2,4,5,6,7). The number of aromatic nitrogens is 3. The van der Waals surface area contributed by atoms with E-state index in [9.17, 15) is 16.8 Å². The smallest absolute Gasteiger partial charge is 0.294 e. The number of benzene rings is 1. The van der Waals surface area contributed by atoms with Crippen molar-refractivity contribution >= 4 is 26.2 Å². The maximum atomic E-state index is 10.5. The van der Waals surface area contributed by atoms with E-state index in [0.717, 1.165) is 24.3 Å². The molecule has 0 aliphatic rings. The minimum Gasteiger partial charge on any atom is -0.368 e. The molecule has 114 valence electrons. The van der Waals surface area contributed by atoms with E-state index in [1.807, 2.05) is 0 Å². The third-order valence-electron chi connectivity index (χ3n) is 1.93. The van der Waals surface area contributed by atoms with Crippen LogP contribution in [-0.4, -0.2) is 40.9 Å². The van der Waals surface area contributed by atoms with E-state index in [1.165, 1.54) is 12.7 Å². The summed E-state index contributed by atoms with van der Waals surface area (Å²) in [5, 5.41) is 0. The van der Waals surface area contributed by atoms with Gasteiger partial charge in [0.1, 0.15) is 12.7 Å². The van der Waals surface area contributed by atoms with Crippen LogP contribution in [0.4, 0.5) is 5.95 Å². The maximum absolute atomic E-state index is 10.5. The molecule has 2 aromatic rings. The largest absolute Gasteiger partial charge is 0.368 e. The van der Waals surface area contributed by atoms with Gasteiger partial charge in [-0.2, -0.15) is 16.8 Å². The lowest BCUT2D eigenvalue weighted by atomic mass is 10.4. The number of nitrogen functional groups attached to an aromatic ring is 1. The van der Waals surface area contributed by atoms with Crippen molar-refractivity contribution in [3.63, 3.8) is 0 Å². The van der Waals surface area contributed by atoms with E-state index in [1.54, 1.807) is 0 Å². The molecular weight excluding hydrogens is 324 g/mol. The quantitative estimate of drug-likeness (QED) is 0.615. The van der Waals surface area contributed by atoms with Crippen LogP contribution < -0.4 is 5.73 Å². The molecule has 0 atom stereocenters. The van der Waals surface area contributed by atoms with Gasteiger partial charge in [-0.1, -0.05) is 0 Å². The molecule has 0 unspecified atom stereocenters. The van der Waals surface area contributed by atoms with Gasteiger partial charge in [0.05, 0.1) is 9.79 Å². The van der Waals surface area contributed by atoms with Crippen LogP contribution >= 0.6 is 0 Å². The summed E-state index contributed by atoms with van der Waals surface area (Å²) in [6, 6.07) is 3.49. The second-order valence-electron chi connectivity index (χ2n) is 3.42. The fourth-order valence-corrected chi connectivity index (χ4v) is 1.99. The number of nitrogens with zero attached hydrogens (tertiary/aromatic N) is 3. The Kier molecular flexibility index (Phi) is 5.26. The SMILES string of the molecule is Nc1ncncn1.O=S(=O)(O)c1ccc(S(=O)(=O)O)cc1. The Bertz CT molecular complexity index is 739. The van der Waals surface area contributed by atoms with E-state index in [0.29, 0.717) is 0 Å². The molecule has 0 spiro atoms. The monoisotopic (exact) mass is 334 g/mol. The summed E-state index contributed by atoms with van der Waals surface area (Å²) in [5.41, 5.74) is 5.10. The van der Waals surface area contributed by atoms with Crippen LogP contribution in [-0.2, 0) is 20.2 Å². The Morgan fingerprint density at radius 1 is 0.810 bits per heavy atom. The number of hydrogen-bond donors (Lipinski definition) is 3. The van der Waals surface area contributed by atoms with Gasteiger partial charge >= 0.3 is 0 Å². The molecule has 0 aliphatic heterocycles. The van der Waals surface area contributed by atoms with Crippen molar-refractivity contribution in [2.75, 3.05) is 5.73 Å². The molecule has 0 saturated heterocycles. The molecule has 21 heavy (non-hydrogen) atoms. The van der Waals surface area contributed by atoms with Gasteiger partial charge in [0.15, 0.2) is 0 Å². The Morgan fingerprint density at radius 3 is 1.33 bits per heavy atom. The molecule has 0 aliphatic carbocycles. The van der Waals surface area contributed by atoms with E-state index >= 15 is 0 Å². The topological polar surface area (TPSA) is 173 Å². The Hall–Kier alpha value is -2.15. The van der Waals surface area contributed by atoms with Gasteiger partial charge in [-0.3, -0.25) is 9.11 Å². The summed E-state index contributed by atoms with van der Waals surface area (Å²) in [6.45, 7) is 0. The highest BCUT2D eigenvalue weighted by molar-refractivity contribution is 7.86. The second-order valence-corrected chi connectivity index (χ2v) is 6.26. The van der Waals surface area contributed by atoms with E-state index in [2.05, 4.69) is 15.0 Å². The first kappa shape index (κ1) is 16.9. The third kappa shape index (κ3) is 5.78. The normalized spacial score (nSPS) is 11.3. The average Bonchev–Trinajstić information content (AvgIpc) is 2.38. The molecule has 1 aromatic heterocycles. The van der Waals surface area contributed by atoms with Gasteiger partial charge in [-0.05, 0) is 24.3 Å². The molecule has 1 aromatic carbocycles. The lowest BCUT2D eigenvalue weighted by Gasteiger charge is -1.98. The van der Waals surface area contributed by atoms with Crippen molar-refractivity contribution in [2.45, 2.75) is 9.79 Å². The average molecular weight is 334 g/mol. The van der Waals surface area contributed by atoms with Crippen LogP contribution in [0.5, 0.6) is 0 Å². The predicted molar refractivity (Wildman–Crippen MR) is 70.3 cm³/mol. The van der Waals surface area contributed by atoms with Gasteiger partial charge < -0.3 is 5.73 Å². The highest BCUT2D eigenvalue weighted by Gasteiger charge is 2.13. The summed E-state index contributed by atoms with van der Waals surface area (Å²) in [7, 11) is -8.68. The van der Waals surface area contributed by atoms with Gasteiger partial charge in [0, 0.05) is 0 Å². The van der Waals surface area contributed by atoms with Gasteiger partial charge in [0.25, 0.3) is 20.2 Å². The number of rotatable bonds is 2. The van der Waals surface area contributed by atoms with Crippen LogP contribution in [0.15, 0.2) is 46.7 Å². The van der Waals surface area contributed by atoms with Crippen molar-refractivity contribution in [3.05, 3.63) is 36.9 Å². The summed E-state index contributed by atoms with van der Waals surface area (Å²) in [6.07, 6.45) is 2.70. The van der Waals surface area contributed by atoms with Crippen LogP contribution in [0.1, 0.15) is 0 Å². The lowest BCUT2D eigenvalue weighted by Crippen LogP contribution is -2.01. The van der Waals surface area contributed by atoms with Crippen LogP contribution in [0, 0.1) is 0 Å². The summed E-state index contributed by atoms with van der Waals surface area (Å²) >= 11 is 0.